The Hall–Kier alpha value is -2.01. The molecule has 1 amide bonds. The largest absolute Gasteiger partial charge is 0.493 e. The molecule has 0 saturated carbocycles. The lowest BCUT2D eigenvalue weighted by molar-refractivity contribution is -0.125. The van der Waals surface area contributed by atoms with Gasteiger partial charge in [-0.05, 0) is 17.7 Å². The maximum atomic E-state index is 11.1. The summed E-state index contributed by atoms with van der Waals surface area (Å²) in [5, 5.41) is 8.46. The zero-order valence-corrected chi connectivity index (χ0v) is 9.82. The van der Waals surface area contributed by atoms with Crippen LogP contribution in [0.1, 0.15) is 5.56 Å². The van der Waals surface area contributed by atoms with Gasteiger partial charge in [-0.15, -0.1) is 0 Å². The maximum Gasteiger partial charge on any atom is 0.270 e. The van der Waals surface area contributed by atoms with Crippen molar-refractivity contribution < 1.29 is 19.5 Å². The van der Waals surface area contributed by atoms with E-state index in [0.29, 0.717) is 17.9 Å². The van der Waals surface area contributed by atoms with E-state index in [1.807, 2.05) is 0 Å². The van der Waals surface area contributed by atoms with Gasteiger partial charge >= 0.3 is 0 Å². The van der Waals surface area contributed by atoms with Gasteiger partial charge in [-0.1, -0.05) is 12.6 Å². The highest BCUT2D eigenvalue weighted by molar-refractivity contribution is 5.92. The SMILES string of the molecule is C=C(Cc1ccc(OC)c(OC)c1)C(=O)NO. The van der Waals surface area contributed by atoms with E-state index in [4.69, 9.17) is 14.7 Å². The summed E-state index contributed by atoms with van der Waals surface area (Å²) in [6.07, 6.45) is 0.326. The van der Waals surface area contributed by atoms with Crippen molar-refractivity contribution in [3.63, 3.8) is 0 Å². The van der Waals surface area contributed by atoms with E-state index < -0.39 is 5.91 Å². The summed E-state index contributed by atoms with van der Waals surface area (Å²) in [6, 6.07) is 5.31. The number of ether oxygens (including phenoxy) is 2. The summed E-state index contributed by atoms with van der Waals surface area (Å²) in [4.78, 5) is 11.1. The van der Waals surface area contributed by atoms with Gasteiger partial charge in [-0.2, -0.15) is 0 Å². The van der Waals surface area contributed by atoms with E-state index in [1.54, 1.807) is 30.8 Å². The van der Waals surface area contributed by atoms with Gasteiger partial charge in [0, 0.05) is 12.0 Å². The predicted molar refractivity (Wildman–Crippen MR) is 62.3 cm³/mol. The number of carbonyl (C=O) groups is 1. The molecule has 0 aromatic heterocycles. The molecule has 17 heavy (non-hydrogen) atoms. The molecule has 0 atom stereocenters. The first-order valence-corrected chi connectivity index (χ1v) is 4.95. The van der Waals surface area contributed by atoms with Gasteiger partial charge in [0.2, 0.25) is 0 Å². The molecule has 0 aliphatic carbocycles. The molecule has 0 spiro atoms. The van der Waals surface area contributed by atoms with E-state index >= 15 is 0 Å². The molecule has 0 heterocycles. The fraction of sp³-hybridized carbons (Fsp3) is 0.250. The van der Waals surface area contributed by atoms with Crippen molar-refractivity contribution >= 4 is 5.91 Å². The number of hydrogen-bond acceptors (Lipinski definition) is 4. The monoisotopic (exact) mass is 237 g/mol. The molecule has 0 aliphatic rings. The van der Waals surface area contributed by atoms with E-state index in [9.17, 15) is 4.79 Å². The molecule has 0 unspecified atom stereocenters. The number of methoxy groups -OCH3 is 2. The number of benzene rings is 1. The lowest BCUT2D eigenvalue weighted by Gasteiger charge is -2.10. The third kappa shape index (κ3) is 3.22. The third-order valence-corrected chi connectivity index (χ3v) is 2.29. The average molecular weight is 237 g/mol. The van der Waals surface area contributed by atoms with Gasteiger partial charge in [0.1, 0.15) is 0 Å². The van der Waals surface area contributed by atoms with Crippen LogP contribution in [0, 0.1) is 0 Å². The van der Waals surface area contributed by atoms with Crippen LogP contribution in [0.3, 0.4) is 0 Å². The van der Waals surface area contributed by atoms with E-state index in [0.717, 1.165) is 5.56 Å². The molecule has 1 rings (SSSR count). The third-order valence-electron chi connectivity index (χ3n) is 2.29. The number of hydroxylamine groups is 1. The summed E-state index contributed by atoms with van der Waals surface area (Å²) in [5.74, 6) is 0.607. The van der Waals surface area contributed by atoms with E-state index in [2.05, 4.69) is 6.58 Å². The smallest absolute Gasteiger partial charge is 0.270 e. The van der Waals surface area contributed by atoms with Crippen LogP contribution in [-0.4, -0.2) is 25.3 Å². The summed E-state index contributed by atoms with van der Waals surface area (Å²) in [7, 11) is 3.09. The standard InChI is InChI=1S/C12H15NO4/c1-8(12(14)13-15)6-9-4-5-10(16-2)11(7-9)17-3/h4-5,7,15H,1,6H2,2-3H3,(H,13,14). The molecule has 92 valence electrons. The van der Waals surface area contributed by atoms with Crippen molar-refractivity contribution in [3.05, 3.63) is 35.9 Å². The number of carbonyl (C=O) groups excluding carboxylic acids is 1. The molecule has 0 radical (unpaired) electrons. The topological polar surface area (TPSA) is 67.8 Å². The lowest BCUT2D eigenvalue weighted by atomic mass is 10.1. The van der Waals surface area contributed by atoms with Crippen LogP contribution >= 0.6 is 0 Å². The fourth-order valence-electron chi connectivity index (χ4n) is 1.40. The van der Waals surface area contributed by atoms with Gasteiger partial charge in [-0.3, -0.25) is 10.0 Å². The van der Waals surface area contributed by atoms with Gasteiger partial charge < -0.3 is 9.47 Å². The fourth-order valence-corrected chi connectivity index (χ4v) is 1.40. The van der Waals surface area contributed by atoms with Crippen molar-refractivity contribution in [3.8, 4) is 11.5 Å². The van der Waals surface area contributed by atoms with Gasteiger partial charge in [0.05, 0.1) is 14.2 Å². The average Bonchev–Trinajstić information content (AvgIpc) is 2.37. The molecule has 1 aromatic carbocycles. The predicted octanol–water partition coefficient (Wildman–Crippen LogP) is 1.31. The second-order valence-electron chi connectivity index (χ2n) is 3.41. The Balaban J connectivity index is 2.86. The summed E-state index contributed by atoms with van der Waals surface area (Å²) in [6.45, 7) is 3.57. The Morgan fingerprint density at radius 1 is 1.35 bits per heavy atom. The van der Waals surface area contributed by atoms with Crippen molar-refractivity contribution in [1.82, 2.24) is 5.48 Å². The Morgan fingerprint density at radius 2 is 2.00 bits per heavy atom. The quantitative estimate of drug-likeness (QED) is 0.460. The molecule has 0 saturated heterocycles. The molecular weight excluding hydrogens is 222 g/mol. The van der Waals surface area contributed by atoms with Gasteiger partial charge in [-0.25, -0.2) is 5.48 Å². The van der Waals surface area contributed by atoms with E-state index in [-0.39, 0.29) is 5.57 Å². The Bertz CT molecular complexity index is 429. The summed E-state index contributed by atoms with van der Waals surface area (Å²) >= 11 is 0. The molecule has 0 fully saturated rings. The zero-order chi connectivity index (χ0) is 12.8. The van der Waals surface area contributed by atoms with E-state index in [1.165, 1.54) is 7.11 Å². The highest BCUT2D eigenvalue weighted by atomic mass is 16.5. The van der Waals surface area contributed by atoms with Crippen LogP contribution in [0.2, 0.25) is 0 Å². The van der Waals surface area contributed by atoms with Crippen LogP contribution in [0.4, 0.5) is 0 Å². The second-order valence-corrected chi connectivity index (χ2v) is 3.41. The highest BCUT2D eigenvalue weighted by Crippen LogP contribution is 2.28. The number of hydrogen-bond donors (Lipinski definition) is 2. The first-order valence-electron chi connectivity index (χ1n) is 4.95. The van der Waals surface area contributed by atoms with Gasteiger partial charge in [0.25, 0.3) is 5.91 Å². The Labute approximate surface area is 99.6 Å². The second kappa shape index (κ2) is 5.91. The summed E-state index contributed by atoms with van der Waals surface area (Å²) < 4.78 is 10.2. The lowest BCUT2D eigenvalue weighted by Crippen LogP contribution is -2.21. The minimum atomic E-state index is -0.597. The number of nitrogens with one attached hydrogen (secondary N) is 1. The highest BCUT2D eigenvalue weighted by Gasteiger charge is 2.09. The molecule has 0 aliphatic heterocycles. The Morgan fingerprint density at radius 3 is 2.53 bits per heavy atom. The summed E-state index contributed by atoms with van der Waals surface area (Å²) in [5.41, 5.74) is 2.65. The minimum Gasteiger partial charge on any atom is -0.493 e. The van der Waals surface area contributed by atoms with Gasteiger partial charge in [0.15, 0.2) is 11.5 Å². The normalized spacial score (nSPS) is 9.59. The first-order chi connectivity index (χ1) is 8.12. The van der Waals surface area contributed by atoms with Crippen LogP contribution in [-0.2, 0) is 11.2 Å². The molecule has 1 aromatic rings. The van der Waals surface area contributed by atoms with Crippen LogP contribution in [0.25, 0.3) is 0 Å². The van der Waals surface area contributed by atoms with Crippen LogP contribution in [0.15, 0.2) is 30.4 Å². The molecule has 5 nitrogen and oxygen atoms in total. The van der Waals surface area contributed by atoms with Crippen molar-refractivity contribution in [2.75, 3.05) is 14.2 Å². The Kier molecular flexibility index (Phi) is 4.54. The van der Waals surface area contributed by atoms with Crippen LogP contribution < -0.4 is 15.0 Å². The first kappa shape index (κ1) is 13.1. The molecule has 0 bridgehead atoms. The zero-order valence-electron chi connectivity index (χ0n) is 9.82. The van der Waals surface area contributed by atoms with Crippen molar-refractivity contribution in [2.45, 2.75) is 6.42 Å². The maximum absolute atomic E-state index is 11.1. The minimum absolute atomic E-state index is 0.264. The van der Waals surface area contributed by atoms with Crippen LogP contribution in [0.5, 0.6) is 11.5 Å². The molecule has 2 N–H and O–H groups in total. The molecular formula is C12H15NO4. The number of rotatable bonds is 5. The number of amides is 1. The van der Waals surface area contributed by atoms with Crippen molar-refractivity contribution in [2.24, 2.45) is 0 Å². The molecule has 5 heteroatoms. The van der Waals surface area contributed by atoms with Crippen molar-refractivity contribution in [1.29, 1.82) is 0 Å².